The van der Waals surface area contributed by atoms with Crippen LogP contribution in [0.4, 0.5) is 8.78 Å². The van der Waals surface area contributed by atoms with E-state index in [1.165, 1.54) is 13.8 Å². The average Bonchev–Trinajstić information content (AvgIpc) is 2.06. The summed E-state index contributed by atoms with van der Waals surface area (Å²) in [6.07, 6.45) is 0.429. The molecule has 0 radical (unpaired) electrons. The number of rotatable bonds is 2. The molecule has 0 saturated carbocycles. The third kappa shape index (κ3) is 1.59. The minimum absolute atomic E-state index is 0.260. The lowest BCUT2D eigenvalue weighted by Gasteiger charge is -2.39. The summed E-state index contributed by atoms with van der Waals surface area (Å²) in [4.78, 5) is 0. The monoisotopic (exact) mass is 180 g/mol. The van der Waals surface area contributed by atoms with Gasteiger partial charge in [0.1, 0.15) is 0 Å². The van der Waals surface area contributed by atoms with Crippen molar-refractivity contribution in [3.8, 4) is 0 Å². The first kappa shape index (κ1) is 9.86. The van der Waals surface area contributed by atoms with Gasteiger partial charge in [0.2, 0.25) is 5.79 Å². The number of hydrogen-bond donors (Lipinski definition) is 0. The Morgan fingerprint density at radius 3 is 2.25 bits per heavy atom. The van der Waals surface area contributed by atoms with Gasteiger partial charge in [-0.15, -0.1) is 0 Å². The van der Waals surface area contributed by atoms with Crippen molar-refractivity contribution >= 4 is 0 Å². The van der Waals surface area contributed by atoms with Crippen molar-refractivity contribution in [1.82, 2.24) is 0 Å². The van der Waals surface area contributed by atoms with Crippen LogP contribution >= 0.6 is 0 Å². The lowest BCUT2D eigenvalue weighted by molar-refractivity contribution is -0.348. The summed E-state index contributed by atoms with van der Waals surface area (Å²) >= 11 is 0. The second-order valence-corrected chi connectivity index (χ2v) is 3.05. The zero-order valence-electron chi connectivity index (χ0n) is 7.40. The number of alkyl halides is 2. The van der Waals surface area contributed by atoms with E-state index in [4.69, 9.17) is 9.47 Å². The quantitative estimate of drug-likeness (QED) is 0.648. The molecule has 0 N–H and O–H groups in total. The summed E-state index contributed by atoms with van der Waals surface area (Å²) in [7, 11) is 0. The van der Waals surface area contributed by atoms with Crippen LogP contribution in [-0.2, 0) is 9.47 Å². The molecule has 0 aromatic rings. The van der Waals surface area contributed by atoms with Crippen LogP contribution in [0.25, 0.3) is 0 Å². The van der Waals surface area contributed by atoms with Crippen LogP contribution in [-0.4, -0.2) is 24.9 Å². The highest BCUT2D eigenvalue weighted by molar-refractivity contribution is 4.83. The van der Waals surface area contributed by atoms with Gasteiger partial charge < -0.3 is 9.47 Å². The van der Waals surface area contributed by atoms with Gasteiger partial charge in [-0.1, -0.05) is 6.92 Å². The Labute approximate surface area is 70.8 Å². The van der Waals surface area contributed by atoms with Crippen molar-refractivity contribution in [3.63, 3.8) is 0 Å². The van der Waals surface area contributed by atoms with E-state index in [0.29, 0.717) is 19.6 Å². The molecule has 2 nitrogen and oxygen atoms in total. The molecule has 1 aliphatic heterocycles. The molecular formula is C8H14F2O2. The molecule has 1 fully saturated rings. The van der Waals surface area contributed by atoms with Gasteiger partial charge >= 0.3 is 0 Å². The van der Waals surface area contributed by atoms with E-state index in [1.807, 2.05) is 0 Å². The fourth-order valence-corrected chi connectivity index (χ4v) is 1.17. The molecule has 1 aliphatic rings. The van der Waals surface area contributed by atoms with Crippen molar-refractivity contribution in [2.24, 2.45) is 0 Å². The molecule has 1 heterocycles. The molecule has 0 bridgehead atoms. The number of hydrogen-bond acceptors (Lipinski definition) is 2. The smallest absolute Gasteiger partial charge is 0.300 e. The van der Waals surface area contributed by atoms with Gasteiger partial charge in [-0.2, -0.15) is 0 Å². The lowest BCUT2D eigenvalue weighted by atomic mass is 10.1. The second-order valence-electron chi connectivity index (χ2n) is 3.05. The van der Waals surface area contributed by atoms with Gasteiger partial charge in [0.05, 0.1) is 13.2 Å². The van der Waals surface area contributed by atoms with Crippen LogP contribution in [0.1, 0.15) is 26.7 Å². The lowest BCUT2D eigenvalue weighted by Crippen LogP contribution is -2.52. The van der Waals surface area contributed by atoms with Crippen LogP contribution in [0, 0.1) is 0 Å². The first-order valence-corrected chi connectivity index (χ1v) is 4.17. The van der Waals surface area contributed by atoms with Gasteiger partial charge in [-0.3, -0.25) is 0 Å². The van der Waals surface area contributed by atoms with Crippen molar-refractivity contribution < 1.29 is 18.3 Å². The van der Waals surface area contributed by atoms with Crippen molar-refractivity contribution in [1.29, 1.82) is 0 Å². The van der Waals surface area contributed by atoms with Crippen molar-refractivity contribution in [2.45, 2.75) is 38.4 Å². The van der Waals surface area contributed by atoms with E-state index in [0.717, 1.165) is 0 Å². The Morgan fingerprint density at radius 2 is 1.83 bits per heavy atom. The largest absolute Gasteiger partial charge is 0.345 e. The minimum atomic E-state index is -2.90. The third-order valence-electron chi connectivity index (χ3n) is 2.15. The highest BCUT2D eigenvalue weighted by Gasteiger charge is 2.52. The fraction of sp³-hybridized carbons (Fsp3) is 1.00. The molecule has 0 aromatic heterocycles. The molecule has 72 valence electrons. The van der Waals surface area contributed by atoms with Gasteiger partial charge in [0, 0.05) is 6.42 Å². The Morgan fingerprint density at radius 1 is 1.33 bits per heavy atom. The highest BCUT2D eigenvalue weighted by Crippen LogP contribution is 2.37. The molecule has 1 saturated heterocycles. The predicted molar refractivity (Wildman–Crippen MR) is 40.2 cm³/mol. The Hall–Kier alpha value is -0.220. The molecule has 0 spiro atoms. The standard InChI is InChI=1S/C8H14F2O2/c1-3-8(9,10)7(2)11-5-4-6-12-7/h3-6H2,1-2H3. The van der Waals surface area contributed by atoms with Crippen LogP contribution in [0.2, 0.25) is 0 Å². The average molecular weight is 180 g/mol. The summed E-state index contributed by atoms with van der Waals surface area (Å²) in [5, 5.41) is 0. The van der Waals surface area contributed by atoms with Gasteiger partial charge in [-0.25, -0.2) is 8.78 Å². The summed E-state index contributed by atoms with van der Waals surface area (Å²) < 4.78 is 36.2. The van der Waals surface area contributed by atoms with Gasteiger partial charge in [0.15, 0.2) is 0 Å². The molecule has 0 aliphatic carbocycles. The SMILES string of the molecule is CCC(F)(F)C1(C)OCCCO1. The highest BCUT2D eigenvalue weighted by atomic mass is 19.3. The number of halogens is 2. The summed E-state index contributed by atoms with van der Waals surface area (Å²) in [5.41, 5.74) is 0. The predicted octanol–water partition coefficient (Wildman–Crippen LogP) is 2.18. The first-order chi connectivity index (χ1) is 5.52. The Bertz CT molecular complexity index is 153. The molecule has 0 amide bonds. The van der Waals surface area contributed by atoms with Crippen LogP contribution in [0.3, 0.4) is 0 Å². The maximum Gasteiger partial charge on any atom is 0.300 e. The van der Waals surface area contributed by atoms with Gasteiger partial charge in [0.25, 0.3) is 5.92 Å². The number of ether oxygens (including phenoxy) is 2. The van der Waals surface area contributed by atoms with E-state index in [2.05, 4.69) is 0 Å². The summed E-state index contributed by atoms with van der Waals surface area (Å²) in [6, 6.07) is 0. The van der Waals surface area contributed by atoms with Gasteiger partial charge in [-0.05, 0) is 13.3 Å². The topological polar surface area (TPSA) is 18.5 Å². The third-order valence-corrected chi connectivity index (χ3v) is 2.15. The van der Waals surface area contributed by atoms with Crippen LogP contribution < -0.4 is 0 Å². The van der Waals surface area contributed by atoms with Crippen molar-refractivity contribution in [2.75, 3.05) is 13.2 Å². The van der Waals surface area contributed by atoms with E-state index in [9.17, 15) is 8.78 Å². The molecule has 1 rings (SSSR count). The normalized spacial score (nSPS) is 24.0. The van der Waals surface area contributed by atoms with Crippen LogP contribution in [0.15, 0.2) is 0 Å². The Balaban J connectivity index is 2.68. The fourth-order valence-electron chi connectivity index (χ4n) is 1.17. The van der Waals surface area contributed by atoms with Crippen molar-refractivity contribution in [3.05, 3.63) is 0 Å². The molecule has 0 aromatic carbocycles. The zero-order valence-corrected chi connectivity index (χ0v) is 7.40. The Kier molecular flexibility index (Phi) is 2.68. The summed E-state index contributed by atoms with van der Waals surface area (Å²) in [6.45, 7) is 3.43. The summed E-state index contributed by atoms with van der Waals surface area (Å²) in [5.74, 6) is -4.60. The zero-order chi connectivity index (χ0) is 9.24. The van der Waals surface area contributed by atoms with E-state index < -0.39 is 11.7 Å². The van der Waals surface area contributed by atoms with Crippen LogP contribution in [0.5, 0.6) is 0 Å². The first-order valence-electron chi connectivity index (χ1n) is 4.17. The molecule has 12 heavy (non-hydrogen) atoms. The minimum Gasteiger partial charge on any atom is -0.345 e. The molecule has 4 heteroatoms. The molecular weight excluding hydrogens is 166 g/mol. The molecule has 0 unspecified atom stereocenters. The molecule has 0 atom stereocenters. The second kappa shape index (κ2) is 3.26. The maximum atomic E-state index is 13.2. The van der Waals surface area contributed by atoms with E-state index >= 15 is 0 Å². The van der Waals surface area contributed by atoms with E-state index in [1.54, 1.807) is 0 Å². The van der Waals surface area contributed by atoms with E-state index in [-0.39, 0.29) is 6.42 Å². The maximum absolute atomic E-state index is 13.2.